The van der Waals surface area contributed by atoms with Gasteiger partial charge in [-0.1, -0.05) is 24.3 Å². The molecule has 1 atom stereocenters. The smallest absolute Gasteiger partial charge is 0.163 e. The third kappa shape index (κ3) is 3.70. The van der Waals surface area contributed by atoms with E-state index in [4.69, 9.17) is 4.74 Å². The summed E-state index contributed by atoms with van der Waals surface area (Å²) in [7, 11) is 0. The molecule has 25 heavy (non-hydrogen) atoms. The van der Waals surface area contributed by atoms with Gasteiger partial charge in [0.15, 0.2) is 5.78 Å². The number of benzene rings is 2. The van der Waals surface area contributed by atoms with Crippen LogP contribution >= 0.6 is 0 Å². The molecule has 0 fully saturated rings. The monoisotopic (exact) mass is 340 g/mol. The highest BCUT2D eigenvalue weighted by atomic mass is 16.5. The Morgan fingerprint density at radius 1 is 1.20 bits per heavy atom. The first kappa shape index (κ1) is 17.1. The Kier molecular flexibility index (Phi) is 5.11. The minimum Gasteiger partial charge on any atom is -0.490 e. The summed E-state index contributed by atoms with van der Waals surface area (Å²) in [6, 6.07) is 14.4. The van der Waals surface area contributed by atoms with Gasteiger partial charge in [0.2, 0.25) is 0 Å². The molecule has 0 aliphatic heterocycles. The van der Waals surface area contributed by atoms with Gasteiger partial charge in [0, 0.05) is 0 Å². The van der Waals surface area contributed by atoms with Crippen molar-refractivity contribution in [3.63, 3.8) is 0 Å². The first-order chi connectivity index (χ1) is 12.1. The van der Waals surface area contributed by atoms with Gasteiger partial charge in [0.05, 0.1) is 23.1 Å². The van der Waals surface area contributed by atoms with Crippen LogP contribution in [0, 0.1) is 0 Å². The van der Waals surface area contributed by atoms with E-state index in [2.05, 4.69) is 4.98 Å². The number of para-hydroxylation sites is 3. The summed E-state index contributed by atoms with van der Waals surface area (Å²) in [5, 5.41) is 19.9. The van der Waals surface area contributed by atoms with Gasteiger partial charge in [-0.3, -0.25) is 4.79 Å². The number of rotatable bonds is 7. The highest BCUT2D eigenvalue weighted by Crippen LogP contribution is 2.20. The first-order valence-electron chi connectivity index (χ1n) is 8.06. The van der Waals surface area contributed by atoms with Gasteiger partial charge in [0.1, 0.15) is 30.9 Å². The van der Waals surface area contributed by atoms with E-state index in [0.717, 1.165) is 11.0 Å². The van der Waals surface area contributed by atoms with E-state index in [1.165, 1.54) is 6.92 Å². The highest BCUT2D eigenvalue weighted by Gasteiger charge is 2.15. The van der Waals surface area contributed by atoms with Crippen LogP contribution in [0.2, 0.25) is 0 Å². The Morgan fingerprint density at radius 2 is 1.92 bits per heavy atom. The maximum absolute atomic E-state index is 11.6. The molecule has 0 amide bonds. The molecule has 130 valence electrons. The summed E-state index contributed by atoms with van der Waals surface area (Å²) >= 11 is 0. The fourth-order valence-electron chi connectivity index (χ4n) is 2.78. The molecule has 0 bridgehead atoms. The van der Waals surface area contributed by atoms with Gasteiger partial charge in [0.25, 0.3) is 0 Å². The van der Waals surface area contributed by atoms with E-state index >= 15 is 0 Å². The minimum absolute atomic E-state index is 0.0294. The van der Waals surface area contributed by atoms with Gasteiger partial charge >= 0.3 is 0 Å². The van der Waals surface area contributed by atoms with Crippen LogP contribution in [0.5, 0.6) is 5.75 Å². The number of ether oxygens (including phenoxy) is 1. The average molecular weight is 340 g/mol. The molecule has 0 saturated heterocycles. The van der Waals surface area contributed by atoms with Crippen molar-refractivity contribution in [2.75, 3.05) is 6.61 Å². The van der Waals surface area contributed by atoms with Crippen molar-refractivity contribution in [3.05, 3.63) is 59.9 Å². The van der Waals surface area contributed by atoms with Gasteiger partial charge < -0.3 is 19.5 Å². The minimum atomic E-state index is -0.817. The largest absolute Gasteiger partial charge is 0.490 e. The summed E-state index contributed by atoms with van der Waals surface area (Å²) in [6.07, 6.45) is -0.817. The lowest BCUT2D eigenvalue weighted by Gasteiger charge is -2.16. The Balaban J connectivity index is 1.74. The standard InChI is InChI=1S/C19H20N2O4/c1-13(23)15-6-2-5-9-18(15)25-12-14(24)10-21-17-8-4-3-7-16(17)20-19(21)11-22/h2-9,14,22,24H,10-12H2,1H3/t14-/m1/s1. The van der Waals surface area contributed by atoms with E-state index in [0.29, 0.717) is 17.1 Å². The van der Waals surface area contributed by atoms with Crippen molar-refractivity contribution in [1.29, 1.82) is 0 Å². The summed E-state index contributed by atoms with van der Waals surface area (Å²) in [6.45, 7) is 1.53. The number of aliphatic hydroxyl groups excluding tert-OH is 2. The number of Topliss-reactive ketones (excluding diaryl/α,β-unsaturated/α-hetero) is 1. The van der Waals surface area contributed by atoms with Crippen LogP contribution in [-0.4, -0.2) is 38.3 Å². The number of aromatic nitrogens is 2. The number of fused-ring (bicyclic) bond motifs is 1. The third-order valence-electron chi connectivity index (χ3n) is 3.97. The molecule has 2 N–H and O–H groups in total. The number of carbonyl (C=O) groups is 1. The van der Waals surface area contributed by atoms with Crippen molar-refractivity contribution in [2.24, 2.45) is 0 Å². The van der Waals surface area contributed by atoms with Gasteiger partial charge in [-0.2, -0.15) is 0 Å². The Labute approximate surface area is 145 Å². The Hall–Kier alpha value is -2.70. The molecule has 0 aliphatic rings. The van der Waals surface area contributed by atoms with Crippen LogP contribution in [-0.2, 0) is 13.2 Å². The van der Waals surface area contributed by atoms with Crippen LogP contribution in [0.3, 0.4) is 0 Å². The fraction of sp³-hybridized carbons (Fsp3) is 0.263. The van der Waals surface area contributed by atoms with Crippen LogP contribution in [0.15, 0.2) is 48.5 Å². The number of carbonyl (C=O) groups excluding carboxylic acids is 1. The van der Waals surface area contributed by atoms with Crippen molar-refractivity contribution in [3.8, 4) is 5.75 Å². The number of aliphatic hydroxyl groups is 2. The molecule has 2 aromatic carbocycles. The maximum Gasteiger partial charge on any atom is 0.163 e. The number of nitrogens with zero attached hydrogens (tertiary/aromatic N) is 2. The zero-order chi connectivity index (χ0) is 17.8. The number of hydrogen-bond acceptors (Lipinski definition) is 5. The normalized spacial score (nSPS) is 12.3. The molecule has 0 saturated carbocycles. The third-order valence-corrected chi connectivity index (χ3v) is 3.97. The SMILES string of the molecule is CC(=O)c1ccccc1OC[C@H](O)Cn1c(CO)nc2ccccc21. The number of ketones is 1. The second-order valence-electron chi connectivity index (χ2n) is 5.80. The van der Waals surface area contributed by atoms with Crippen molar-refractivity contribution in [1.82, 2.24) is 9.55 Å². The molecular weight excluding hydrogens is 320 g/mol. The molecule has 0 radical (unpaired) electrons. The topological polar surface area (TPSA) is 84.6 Å². The molecule has 0 aliphatic carbocycles. The van der Waals surface area contributed by atoms with E-state index in [-0.39, 0.29) is 25.5 Å². The summed E-state index contributed by atoms with van der Waals surface area (Å²) in [4.78, 5) is 16.0. The van der Waals surface area contributed by atoms with Crippen molar-refractivity contribution >= 4 is 16.8 Å². The maximum atomic E-state index is 11.6. The molecule has 6 heteroatoms. The molecule has 3 rings (SSSR count). The Morgan fingerprint density at radius 3 is 2.68 bits per heavy atom. The van der Waals surface area contributed by atoms with E-state index in [1.54, 1.807) is 28.8 Å². The molecule has 6 nitrogen and oxygen atoms in total. The Bertz CT molecular complexity index is 888. The molecule has 1 heterocycles. The quantitative estimate of drug-likeness (QED) is 0.644. The summed E-state index contributed by atoms with van der Waals surface area (Å²) < 4.78 is 7.41. The summed E-state index contributed by atoms with van der Waals surface area (Å²) in [5.74, 6) is 0.851. The number of imidazole rings is 1. The van der Waals surface area contributed by atoms with Crippen LogP contribution in [0.1, 0.15) is 23.1 Å². The lowest BCUT2D eigenvalue weighted by atomic mass is 10.1. The van der Waals surface area contributed by atoms with E-state index in [9.17, 15) is 15.0 Å². The second-order valence-corrected chi connectivity index (χ2v) is 5.80. The second kappa shape index (κ2) is 7.46. The lowest BCUT2D eigenvalue weighted by Crippen LogP contribution is -2.25. The van der Waals surface area contributed by atoms with E-state index < -0.39 is 6.10 Å². The lowest BCUT2D eigenvalue weighted by molar-refractivity contribution is 0.0889. The zero-order valence-corrected chi connectivity index (χ0v) is 13.9. The molecule has 0 unspecified atom stereocenters. The van der Waals surface area contributed by atoms with E-state index in [1.807, 2.05) is 24.3 Å². The van der Waals surface area contributed by atoms with Crippen molar-refractivity contribution < 1.29 is 19.7 Å². The van der Waals surface area contributed by atoms with Crippen LogP contribution in [0.25, 0.3) is 11.0 Å². The average Bonchev–Trinajstić information content (AvgIpc) is 2.98. The molecular formula is C19H20N2O4. The van der Waals surface area contributed by atoms with Gasteiger partial charge in [-0.05, 0) is 31.2 Å². The molecule has 3 aromatic rings. The van der Waals surface area contributed by atoms with Crippen LogP contribution < -0.4 is 4.74 Å². The number of hydrogen-bond donors (Lipinski definition) is 2. The predicted octanol–water partition coefficient (Wildman–Crippen LogP) is 2.17. The summed E-state index contributed by atoms with van der Waals surface area (Å²) in [5.41, 5.74) is 2.09. The fourth-order valence-corrected chi connectivity index (χ4v) is 2.78. The molecule has 0 spiro atoms. The van der Waals surface area contributed by atoms with Gasteiger partial charge in [-0.25, -0.2) is 4.98 Å². The van der Waals surface area contributed by atoms with Crippen LogP contribution in [0.4, 0.5) is 0 Å². The highest BCUT2D eigenvalue weighted by molar-refractivity contribution is 5.96. The molecule has 1 aromatic heterocycles. The first-order valence-corrected chi connectivity index (χ1v) is 8.06. The predicted molar refractivity (Wildman–Crippen MR) is 93.6 cm³/mol. The van der Waals surface area contributed by atoms with Crippen molar-refractivity contribution in [2.45, 2.75) is 26.2 Å². The zero-order valence-electron chi connectivity index (χ0n) is 13.9. The van der Waals surface area contributed by atoms with Gasteiger partial charge in [-0.15, -0.1) is 0 Å².